The van der Waals surface area contributed by atoms with Gasteiger partial charge in [0, 0.05) is 7.05 Å². The van der Waals surface area contributed by atoms with Crippen molar-refractivity contribution in [2.75, 3.05) is 19.8 Å². The van der Waals surface area contributed by atoms with Gasteiger partial charge in [-0.15, -0.1) is 5.10 Å². The molecule has 0 aliphatic carbocycles. The van der Waals surface area contributed by atoms with Crippen molar-refractivity contribution in [2.45, 2.75) is 19.8 Å². The van der Waals surface area contributed by atoms with Gasteiger partial charge < -0.3 is 14.6 Å². The lowest BCUT2D eigenvalue weighted by atomic mass is 10.2. The third kappa shape index (κ3) is 3.17. The maximum Gasteiger partial charge on any atom is 0.240 e. The molecule has 0 atom stereocenters. The molecule has 0 saturated carbocycles. The van der Waals surface area contributed by atoms with Crippen molar-refractivity contribution in [3.63, 3.8) is 0 Å². The Bertz CT molecular complexity index is 537. The fourth-order valence-electron chi connectivity index (χ4n) is 1.89. The molecule has 0 aliphatic heterocycles. The number of unbranched alkanes of at least 4 members (excludes halogenated alkanes) is 1. The molecule has 104 valence electrons. The lowest BCUT2D eigenvalue weighted by Gasteiger charge is -2.05. The summed E-state index contributed by atoms with van der Waals surface area (Å²) in [6.07, 6.45) is 2.11. The highest BCUT2D eigenvalue weighted by molar-refractivity contribution is 5.85. The van der Waals surface area contributed by atoms with Crippen LogP contribution in [0.25, 0.3) is 10.9 Å². The Morgan fingerprint density at radius 2 is 2.11 bits per heavy atom. The van der Waals surface area contributed by atoms with Gasteiger partial charge in [-0.05, 0) is 24.6 Å². The molecule has 0 saturated heterocycles. The van der Waals surface area contributed by atoms with E-state index < -0.39 is 0 Å². The number of aromatic nitrogens is 2. The van der Waals surface area contributed by atoms with Gasteiger partial charge in [0.05, 0.1) is 24.1 Å². The van der Waals surface area contributed by atoms with E-state index in [2.05, 4.69) is 12.0 Å². The SMILES string of the molecule is CCCCOc1nn(C)c2ccc(OCCO)cc12. The molecule has 5 heteroatoms. The first kappa shape index (κ1) is 13.7. The maximum absolute atomic E-state index is 8.78. The number of benzene rings is 1. The number of aryl methyl sites for hydroxylation is 1. The van der Waals surface area contributed by atoms with E-state index in [4.69, 9.17) is 14.6 Å². The third-order valence-corrected chi connectivity index (χ3v) is 2.88. The minimum Gasteiger partial charge on any atom is -0.491 e. The molecule has 0 bridgehead atoms. The fourth-order valence-corrected chi connectivity index (χ4v) is 1.89. The summed E-state index contributed by atoms with van der Waals surface area (Å²) in [6.45, 7) is 3.09. The molecule has 1 aromatic carbocycles. The Hall–Kier alpha value is -1.75. The van der Waals surface area contributed by atoms with Crippen molar-refractivity contribution in [1.82, 2.24) is 9.78 Å². The van der Waals surface area contributed by atoms with Crippen molar-refractivity contribution in [2.24, 2.45) is 7.05 Å². The normalized spacial score (nSPS) is 10.9. The van der Waals surface area contributed by atoms with Crippen molar-refractivity contribution in [3.8, 4) is 11.6 Å². The maximum atomic E-state index is 8.78. The van der Waals surface area contributed by atoms with Gasteiger partial charge in [0.25, 0.3) is 0 Å². The lowest BCUT2D eigenvalue weighted by Crippen LogP contribution is -2.01. The molecule has 0 amide bonds. The van der Waals surface area contributed by atoms with E-state index in [1.54, 1.807) is 4.68 Å². The van der Waals surface area contributed by atoms with Gasteiger partial charge >= 0.3 is 0 Å². The van der Waals surface area contributed by atoms with E-state index in [9.17, 15) is 0 Å². The number of ether oxygens (including phenoxy) is 2. The Labute approximate surface area is 112 Å². The van der Waals surface area contributed by atoms with Gasteiger partial charge in [-0.25, -0.2) is 0 Å². The molecular weight excluding hydrogens is 244 g/mol. The number of aliphatic hydroxyl groups excluding tert-OH is 1. The summed E-state index contributed by atoms with van der Waals surface area (Å²) in [7, 11) is 1.89. The summed E-state index contributed by atoms with van der Waals surface area (Å²) >= 11 is 0. The highest BCUT2D eigenvalue weighted by atomic mass is 16.5. The van der Waals surface area contributed by atoms with Crippen LogP contribution in [0.3, 0.4) is 0 Å². The second kappa shape index (κ2) is 6.43. The van der Waals surface area contributed by atoms with Crippen LogP contribution in [-0.2, 0) is 7.05 Å². The molecular formula is C14H20N2O3. The van der Waals surface area contributed by atoms with Gasteiger partial charge in [-0.3, -0.25) is 4.68 Å². The average Bonchev–Trinajstić information content (AvgIpc) is 2.73. The first-order valence-electron chi connectivity index (χ1n) is 6.59. The fraction of sp³-hybridized carbons (Fsp3) is 0.500. The lowest BCUT2D eigenvalue weighted by molar-refractivity contribution is 0.201. The summed E-state index contributed by atoms with van der Waals surface area (Å²) in [6, 6.07) is 5.72. The molecule has 19 heavy (non-hydrogen) atoms. The summed E-state index contributed by atoms with van der Waals surface area (Å²) < 4.78 is 12.9. The van der Waals surface area contributed by atoms with Crippen LogP contribution in [0.15, 0.2) is 18.2 Å². The Morgan fingerprint density at radius 3 is 2.84 bits per heavy atom. The smallest absolute Gasteiger partial charge is 0.240 e. The molecule has 0 unspecified atom stereocenters. The molecule has 5 nitrogen and oxygen atoms in total. The minimum absolute atomic E-state index is 0.00489. The minimum atomic E-state index is 0.00489. The molecule has 2 rings (SSSR count). The van der Waals surface area contributed by atoms with E-state index in [0.29, 0.717) is 12.5 Å². The van der Waals surface area contributed by atoms with Crippen LogP contribution in [0.4, 0.5) is 0 Å². The van der Waals surface area contributed by atoms with Crippen LogP contribution in [0, 0.1) is 0 Å². The highest BCUT2D eigenvalue weighted by Crippen LogP contribution is 2.28. The second-order valence-electron chi connectivity index (χ2n) is 4.38. The van der Waals surface area contributed by atoms with E-state index in [0.717, 1.165) is 29.5 Å². The zero-order valence-corrected chi connectivity index (χ0v) is 11.4. The first-order valence-corrected chi connectivity index (χ1v) is 6.59. The molecule has 0 fully saturated rings. The monoisotopic (exact) mass is 264 g/mol. The Balaban J connectivity index is 2.24. The zero-order valence-electron chi connectivity index (χ0n) is 11.4. The van der Waals surface area contributed by atoms with Crippen molar-refractivity contribution in [1.29, 1.82) is 0 Å². The number of hydrogen-bond acceptors (Lipinski definition) is 4. The first-order chi connectivity index (χ1) is 9.26. The van der Waals surface area contributed by atoms with Crippen LogP contribution in [0.1, 0.15) is 19.8 Å². The summed E-state index contributed by atoms with van der Waals surface area (Å²) in [5.74, 6) is 1.36. The second-order valence-corrected chi connectivity index (χ2v) is 4.38. The summed E-state index contributed by atoms with van der Waals surface area (Å²) in [5.41, 5.74) is 1.00. The van der Waals surface area contributed by atoms with E-state index >= 15 is 0 Å². The average molecular weight is 264 g/mol. The van der Waals surface area contributed by atoms with E-state index in [1.807, 2.05) is 25.2 Å². The number of nitrogens with zero attached hydrogens (tertiary/aromatic N) is 2. The van der Waals surface area contributed by atoms with E-state index in [-0.39, 0.29) is 13.2 Å². The van der Waals surface area contributed by atoms with Gasteiger partial charge in [0.15, 0.2) is 0 Å². The highest BCUT2D eigenvalue weighted by Gasteiger charge is 2.10. The van der Waals surface area contributed by atoms with Crippen molar-refractivity contribution in [3.05, 3.63) is 18.2 Å². The van der Waals surface area contributed by atoms with Crippen molar-refractivity contribution < 1.29 is 14.6 Å². The zero-order chi connectivity index (χ0) is 13.7. The summed E-state index contributed by atoms with van der Waals surface area (Å²) in [4.78, 5) is 0. The number of aliphatic hydroxyl groups is 1. The van der Waals surface area contributed by atoms with Crippen LogP contribution < -0.4 is 9.47 Å². The van der Waals surface area contributed by atoms with Gasteiger partial charge in [-0.1, -0.05) is 13.3 Å². The molecule has 1 aromatic heterocycles. The molecule has 0 aliphatic rings. The van der Waals surface area contributed by atoms with E-state index in [1.165, 1.54) is 0 Å². The van der Waals surface area contributed by atoms with Crippen LogP contribution in [0.5, 0.6) is 11.6 Å². The molecule has 0 radical (unpaired) electrons. The molecule has 2 aromatic rings. The van der Waals surface area contributed by atoms with Crippen LogP contribution in [-0.4, -0.2) is 34.7 Å². The topological polar surface area (TPSA) is 56.5 Å². The van der Waals surface area contributed by atoms with Gasteiger partial charge in [0.1, 0.15) is 12.4 Å². The third-order valence-electron chi connectivity index (χ3n) is 2.88. The number of rotatable bonds is 7. The largest absolute Gasteiger partial charge is 0.491 e. The van der Waals surface area contributed by atoms with Gasteiger partial charge in [-0.2, -0.15) is 0 Å². The standard InChI is InChI=1S/C14H20N2O3/c1-3-4-8-19-14-12-10-11(18-9-7-17)5-6-13(12)16(2)15-14/h5-6,10,17H,3-4,7-9H2,1-2H3. The predicted octanol–water partition coefficient (Wildman–Crippen LogP) is 2.12. The Kier molecular flexibility index (Phi) is 4.63. The quantitative estimate of drug-likeness (QED) is 0.778. The number of fused-ring (bicyclic) bond motifs is 1. The molecule has 1 heterocycles. The van der Waals surface area contributed by atoms with Crippen LogP contribution in [0.2, 0.25) is 0 Å². The molecule has 0 spiro atoms. The van der Waals surface area contributed by atoms with Crippen molar-refractivity contribution >= 4 is 10.9 Å². The Morgan fingerprint density at radius 1 is 1.26 bits per heavy atom. The van der Waals surface area contributed by atoms with Gasteiger partial charge in [0.2, 0.25) is 5.88 Å². The molecule has 1 N–H and O–H groups in total. The van der Waals surface area contributed by atoms with Crippen LogP contribution >= 0.6 is 0 Å². The predicted molar refractivity (Wildman–Crippen MR) is 73.7 cm³/mol. The summed E-state index contributed by atoms with van der Waals surface area (Å²) in [5, 5.41) is 14.1. The number of hydrogen-bond donors (Lipinski definition) is 1.